The summed E-state index contributed by atoms with van der Waals surface area (Å²) in [5.41, 5.74) is 1.26. The smallest absolute Gasteiger partial charge is 0.339 e. The number of ether oxygens (including phenoxy) is 1. The van der Waals surface area contributed by atoms with Crippen LogP contribution in [-0.4, -0.2) is 36.1 Å². The minimum Gasteiger partial charge on any atom is -0.465 e. The summed E-state index contributed by atoms with van der Waals surface area (Å²) in [6, 6.07) is 11.9. The number of piperidine rings is 1. The minimum atomic E-state index is -0.308. The van der Waals surface area contributed by atoms with Gasteiger partial charge in [-0.05, 0) is 55.8 Å². The molecule has 2 aliphatic heterocycles. The molecule has 144 valence electrons. The summed E-state index contributed by atoms with van der Waals surface area (Å²) in [6.45, 7) is 0. The summed E-state index contributed by atoms with van der Waals surface area (Å²) in [6.07, 6.45) is 7.51. The van der Waals surface area contributed by atoms with Crippen LogP contribution in [-0.2, 0) is 9.53 Å². The zero-order chi connectivity index (χ0) is 18.1. The number of furan rings is 1. The Balaban J connectivity index is 0.00000210. The molecule has 2 fully saturated rings. The maximum Gasteiger partial charge on any atom is 0.339 e. The standard InChI is InChI=1S/C21H22ClNO3.ClH/c1-23-16-8-9-17(23)12-19(11-16)26-21(24)20(13-18-3-2-10-25-18)14-4-6-15(22)7-5-14;/h2-7,10,13,16-17,19H,8-9,11-12H2,1H3;1H/b20-13-;/t16-,17+,19?;. The van der Waals surface area contributed by atoms with Gasteiger partial charge in [0.05, 0.1) is 11.8 Å². The number of rotatable bonds is 4. The number of carbonyl (C=O) groups excluding carboxylic acids is 1. The van der Waals surface area contributed by atoms with Crippen molar-refractivity contribution in [2.45, 2.75) is 43.9 Å². The molecule has 4 rings (SSSR count). The third-order valence-corrected chi connectivity index (χ3v) is 5.79. The molecule has 3 heterocycles. The van der Waals surface area contributed by atoms with Crippen LogP contribution in [0.4, 0.5) is 0 Å². The Morgan fingerprint density at radius 2 is 1.85 bits per heavy atom. The Hall–Kier alpha value is -1.75. The first-order valence-electron chi connectivity index (χ1n) is 9.04. The summed E-state index contributed by atoms with van der Waals surface area (Å²) in [5, 5.41) is 0.631. The van der Waals surface area contributed by atoms with Crippen LogP contribution in [0, 0.1) is 0 Å². The lowest BCUT2D eigenvalue weighted by Gasteiger charge is -2.35. The molecule has 0 amide bonds. The molecule has 2 bridgehead atoms. The highest BCUT2D eigenvalue weighted by molar-refractivity contribution is 6.30. The molecule has 6 heteroatoms. The molecule has 3 atom stereocenters. The molecule has 4 nitrogen and oxygen atoms in total. The molecule has 0 radical (unpaired) electrons. The Bertz CT molecular complexity index is 787. The van der Waals surface area contributed by atoms with Gasteiger partial charge >= 0.3 is 5.97 Å². The molecule has 2 aromatic rings. The molecule has 0 N–H and O–H groups in total. The molecule has 0 aliphatic carbocycles. The molecule has 1 unspecified atom stereocenters. The van der Waals surface area contributed by atoms with Crippen LogP contribution >= 0.6 is 24.0 Å². The average Bonchev–Trinajstić information content (AvgIpc) is 3.19. The predicted octanol–water partition coefficient (Wildman–Crippen LogP) is 5.06. The SMILES string of the molecule is CN1[C@@H]2CC[C@H]1CC(OC(=O)/C(=C\c1ccco1)c1ccc(Cl)cc1)C2.Cl. The Morgan fingerprint density at radius 1 is 1.19 bits per heavy atom. The van der Waals surface area contributed by atoms with E-state index < -0.39 is 0 Å². The van der Waals surface area contributed by atoms with E-state index in [-0.39, 0.29) is 24.5 Å². The van der Waals surface area contributed by atoms with Crippen LogP contribution in [0.5, 0.6) is 0 Å². The van der Waals surface area contributed by atoms with Crippen molar-refractivity contribution in [3.8, 4) is 0 Å². The van der Waals surface area contributed by atoms with Gasteiger partial charge < -0.3 is 14.1 Å². The van der Waals surface area contributed by atoms with Gasteiger partial charge in [0.2, 0.25) is 0 Å². The molecule has 0 spiro atoms. The van der Waals surface area contributed by atoms with Crippen LogP contribution in [0.3, 0.4) is 0 Å². The van der Waals surface area contributed by atoms with E-state index >= 15 is 0 Å². The van der Waals surface area contributed by atoms with Gasteiger partial charge in [-0.1, -0.05) is 23.7 Å². The van der Waals surface area contributed by atoms with Gasteiger partial charge in [-0.15, -0.1) is 12.4 Å². The van der Waals surface area contributed by atoms with Crippen molar-refractivity contribution >= 4 is 41.6 Å². The first-order valence-corrected chi connectivity index (χ1v) is 9.42. The molecule has 0 saturated carbocycles. The second-order valence-corrected chi connectivity index (χ2v) is 7.57. The molecule has 1 aromatic heterocycles. The van der Waals surface area contributed by atoms with E-state index in [2.05, 4.69) is 11.9 Å². The van der Waals surface area contributed by atoms with Gasteiger partial charge in [0, 0.05) is 29.9 Å². The van der Waals surface area contributed by atoms with Crippen molar-refractivity contribution in [3.63, 3.8) is 0 Å². The first kappa shape index (κ1) is 20.0. The largest absolute Gasteiger partial charge is 0.465 e. The van der Waals surface area contributed by atoms with E-state index in [0.29, 0.717) is 28.4 Å². The fourth-order valence-electron chi connectivity index (χ4n) is 4.08. The monoisotopic (exact) mass is 407 g/mol. The highest BCUT2D eigenvalue weighted by Gasteiger charge is 2.40. The summed E-state index contributed by atoms with van der Waals surface area (Å²) < 4.78 is 11.3. The van der Waals surface area contributed by atoms with Crippen molar-refractivity contribution in [2.75, 3.05) is 7.05 Å². The van der Waals surface area contributed by atoms with Crippen molar-refractivity contribution in [1.82, 2.24) is 4.90 Å². The minimum absolute atomic E-state index is 0. The number of hydrogen-bond donors (Lipinski definition) is 0. The summed E-state index contributed by atoms with van der Waals surface area (Å²) in [5.74, 6) is 0.313. The maximum atomic E-state index is 13.0. The van der Waals surface area contributed by atoms with E-state index in [9.17, 15) is 4.79 Å². The van der Waals surface area contributed by atoms with Gasteiger partial charge in [-0.25, -0.2) is 4.79 Å². The maximum absolute atomic E-state index is 13.0. The molecule has 2 saturated heterocycles. The Kier molecular flexibility index (Phi) is 6.30. The van der Waals surface area contributed by atoms with Crippen molar-refractivity contribution < 1.29 is 13.9 Å². The third kappa shape index (κ3) is 4.40. The van der Waals surface area contributed by atoms with Crippen molar-refractivity contribution in [3.05, 3.63) is 59.0 Å². The summed E-state index contributed by atoms with van der Waals surface area (Å²) in [7, 11) is 2.18. The quantitative estimate of drug-likeness (QED) is 0.524. The Labute approximate surface area is 170 Å². The van der Waals surface area contributed by atoms with Crippen LogP contribution in [0.1, 0.15) is 37.0 Å². The predicted molar refractivity (Wildman–Crippen MR) is 109 cm³/mol. The van der Waals surface area contributed by atoms with E-state index in [1.54, 1.807) is 30.5 Å². The molecule has 1 aromatic carbocycles. The summed E-state index contributed by atoms with van der Waals surface area (Å²) >= 11 is 5.99. The van der Waals surface area contributed by atoms with Gasteiger partial charge in [-0.3, -0.25) is 0 Å². The fraction of sp³-hybridized carbons (Fsp3) is 0.381. The van der Waals surface area contributed by atoms with Crippen LogP contribution in [0.25, 0.3) is 11.6 Å². The van der Waals surface area contributed by atoms with E-state index in [1.807, 2.05) is 18.2 Å². The van der Waals surface area contributed by atoms with Crippen molar-refractivity contribution in [1.29, 1.82) is 0 Å². The van der Waals surface area contributed by atoms with Gasteiger partial charge in [0.25, 0.3) is 0 Å². The van der Waals surface area contributed by atoms with E-state index in [0.717, 1.165) is 18.4 Å². The number of halogens is 2. The number of benzene rings is 1. The number of esters is 1. The lowest BCUT2D eigenvalue weighted by Crippen LogP contribution is -2.43. The lowest BCUT2D eigenvalue weighted by molar-refractivity contribution is -0.145. The molecule has 27 heavy (non-hydrogen) atoms. The molecular weight excluding hydrogens is 385 g/mol. The van der Waals surface area contributed by atoms with Crippen LogP contribution in [0.2, 0.25) is 5.02 Å². The topological polar surface area (TPSA) is 42.7 Å². The molecule has 2 aliphatic rings. The van der Waals surface area contributed by atoms with E-state index in [4.69, 9.17) is 20.8 Å². The average molecular weight is 408 g/mol. The van der Waals surface area contributed by atoms with Gasteiger partial charge in [0.15, 0.2) is 0 Å². The normalized spacial score (nSPS) is 25.1. The highest BCUT2D eigenvalue weighted by atomic mass is 35.5. The first-order chi connectivity index (χ1) is 12.6. The second kappa shape index (κ2) is 8.51. The van der Waals surface area contributed by atoms with Crippen molar-refractivity contribution in [2.24, 2.45) is 0 Å². The van der Waals surface area contributed by atoms with E-state index in [1.165, 1.54) is 12.8 Å². The zero-order valence-electron chi connectivity index (χ0n) is 15.1. The van der Waals surface area contributed by atoms with Crippen LogP contribution in [0.15, 0.2) is 47.1 Å². The highest BCUT2D eigenvalue weighted by Crippen LogP contribution is 2.36. The van der Waals surface area contributed by atoms with Gasteiger partial charge in [-0.2, -0.15) is 0 Å². The zero-order valence-corrected chi connectivity index (χ0v) is 16.7. The second-order valence-electron chi connectivity index (χ2n) is 7.13. The number of fused-ring (bicyclic) bond motifs is 2. The molecular formula is C21H23Cl2NO3. The Morgan fingerprint density at radius 3 is 2.44 bits per heavy atom. The number of carbonyl (C=O) groups is 1. The van der Waals surface area contributed by atoms with Crippen LogP contribution < -0.4 is 0 Å². The number of hydrogen-bond acceptors (Lipinski definition) is 4. The number of nitrogens with zero attached hydrogens (tertiary/aromatic N) is 1. The lowest BCUT2D eigenvalue weighted by atomic mass is 10.00. The third-order valence-electron chi connectivity index (χ3n) is 5.53. The van der Waals surface area contributed by atoms with Gasteiger partial charge in [0.1, 0.15) is 11.9 Å². The fourth-order valence-corrected chi connectivity index (χ4v) is 4.20. The summed E-state index contributed by atoms with van der Waals surface area (Å²) in [4.78, 5) is 15.4.